The third kappa shape index (κ3) is 3.38. The van der Waals surface area contributed by atoms with Gasteiger partial charge in [0.05, 0.1) is 5.54 Å². The van der Waals surface area contributed by atoms with Gasteiger partial charge in [0.1, 0.15) is 5.82 Å². The van der Waals surface area contributed by atoms with E-state index >= 15 is 0 Å². The van der Waals surface area contributed by atoms with Crippen LogP contribution in [0.1, 0.15) is 50.5 Å². The van der Waals surface area contributed by atoms with Gasteiger partial charge in [-0.15, -0.1) is 12.4 Å². The molecule has 1 aromatic carbocycles. The van der Waals surface area contributed by atoms with E-state index in [2.05, 4.69) is 10.6 Å². The standard InChI is InChI=1S/C18H23FN2O.ClH/c19-16-4-2-1-3-15(16)18(7-8-18)21-17(22)11-12-9-13-5-6-14(10-12)20-13;/h1-4,12-14,20H,5-11H2,(H,21,22);1H. The van der Waals surface area contributed by atoms with Crippen molar-refractivity contribution in [3.63, 3.8) is 0 Å². The molecule has 1 amide bonds. The largest absolute Gasteiger partial charge is 0.346 e. The van der Waals surface area contributed by atoms with Gasteiger partial charge in [-0.25, -0.2) is 4.39 Å². The third-order valence-corrected chi connectivity index (χ3v) is 5.56. The molecular formula is C18H24ClFN2O. The van der Waals surface area contributed by atoms with E-state index in [4.69, 9.17) is 0 Å². The number of nitrogens with one attached hydrogen (secondary N) is 2. The summed E-state index contributed by atoms with van der Waals surface area (Å²) in [5.41, 5.74) is 0.211. The maximum absolute atomic E-state index is 14.0. The molecule has 0 radical (unpaired) electrons. The van der Waals surface area contributed by atoms with Gasteiger partial charge >= 0.3 is 0 Å². The Kier molecular flexibility index (Phi) is 4.65. The number of piperidine rings is 1. The quantitative estimate of drug-likeness (QED) is 0.884. The fourth-order valence-corrected chi connectivity index (χ4v) is 4.36. The molecule has 2 heterocycles. The van der Waals surface area contributed by atoms with Crippen LogP contribution in [0.25, 0.3) is 0 Å². The van der Waals surface area contributed by atoms with Crippen LogP contribution in [0, 0.1) is 11.7 Å². The minimum atomic E-state index is -0.436. The van der Waals surface area contributed by atoms with Crippen LogP contribution in [0.3, 0.4) is 0 Å². The number of amides is 1. The number of carbonyl (C=O) groups is 1. The highest BCUT2D eigenvalue weighted by molar-refractivity contribution is 5.85. The van der Waals surface area contributed by atoms with E-state index in [1.54, 1.807) is 12.1 Å². The number of hydrogen-bond acceptors (Lipinski definition) is 2. The molecule has 126 valence electrons. The molecule has 1 aliphatic carbocycles. The molecule has 2 N–H and O–H groups in total. The Morgan fingerprint density at radius 1 is 1.22 bits per heavy atom. The van der Waals surface area contributed by atoms with E-state index in [9.17, 15) is 9.18 Å². The molecule has 2 saturated heterocycles. The Bertz CT molecular complexity index is 578. The van der Waals surface area contributed by atoms with Gasteiger partial charge in [-0.2, -0.15) is 0 Å². The van der Waals surface area contributed by atoms with Crippen molar-refractivity contribution in [2.45, 2.75) is 62.6 Å². The number of carbonyl (C=O) groups excluding carboxylic acids is 1. The van der Waals surface area contributed by atoms with Crippen molar-refractivity contribution in [3.05, 3.63) is 35.6 Å². The molecule has 2 unspecified atom stereocenters. The molecule has 3 aliphatic rings. The first-order valence-electron chi connectivity index (χ1n) is 8.47. The fourth-order valence-electron chi connectivity index (χ4n) is 4.36. The molecule has 1 saturated carbocycles. The Balaban J connectivity index is 0.00000156. The van der Waals surface area contributed by atoms with Crippen LogP contribution < -0.4 is 10.6 Å². The molecule has 3 fully saturated rings. The van der Waals surface area contributed by atoms with Gasteiger partial charge in [-0.05, 0) is 50.5 Å². The first-order valence-corrected chi connectivity index (χ1v) is 8.47. The normalized spacial score (nSPS) is 30.4. The van der Waals surface area contributed by atoms with Gasteiger partial charge in [-0.3, -0.25) is 4.79 Å². The summed E-state index contributed by atoms with van der Waals surface area (Å²) in [4.78, 5) is 12.4. The number of benzene rings is 1. The highest BCUT2D eigenvalue weighted by atomic mass is 35.5. The van der Waals surface area contributed by atoms with Gasteiger partial charge in [-0.1, -0.05) is 18.2 Å². The second-order valence-corrected chi connectivity index (χ2v) is 7.29. The summed E-state index contributed by atoms with van der Waals surface area (Å²) in [6.45, 7) is 0. The predicted molar refractivity (Wildman–Crippen MR) is 90.0 cm³/mol. The average Bonchev–Trinajstić information content (AvgIpc) is 3.17. The van der Waals surface area contributed by atoms with E-state index < -0.39 is 5.54 Å². The van der Waals surface area contributed by atoms with Crippen LogP contribution in [-0.2, 0) is 10.3 Å². The van der Waals surface area contributed by atoms with Crippen molar-refractivity contribution < 1.29 is 9.18 Å². The molecule has 0 aromatic heterocycles. The number of hydrogen-bond donors (Lipinski definition) is 2. The van der Waals surface area contributed by atoms with Crippen molar-refractivity contribution in [2.24, 2.45) is 5.92 Å². The van der Waals surface area contributed by atoms with Crippen LogP contribution in [0.15, 0.2) is 24.3 Å². The minimum Gasteiger partial charge on any atom is -0.346 e. The second-order valence-electron chi connectivity index (χ2n) is 7.29. The van der Waals surface area contributed by atoms with Crippen molar-refractivity contribution in [2.75, 3.05) is 0 Å². The lowest BCUT2D eigenvalue weighted by molar-refractivity contribution is -0.123. The Morgan fingerprint density at radius 3 is 2.48 bits per heavy atom. The van der Waals surface area contributed by atoms with Gasteiger partial charge < -0.3 is 10.6 Å². The summed E-state index contributed by atoms with van der Waals surface area (Å²) in [6, 6.07) is 8.03. The van der Waals surface area contributed by atoms with Crippen molar-refractivity contribution in [1.82, 2.24) is 10.6 Å². The SMILES string of the molecule is Cl.O=C(CC1CC2CCC(C1)N2)NC1(c2ccccc2F)CC1. The number of fused-ring (bicyclic) bond motifs is 2. The molecule has 2 atom stereocenters. The monoisotopic (exact) mass is 338 g/mol. The van der Waals surface area contributed by atoms with Gasteiger partial charge in [0.15, 0.2) is 0 Å². The Labute approximate surface area is 142 Å². The summed E-state index contributed by atoms with van der Waals surface area (Å²) in [7, 11) is 0. The molecular weight excluding hydrogens is 315 g/mol. The van der Waals surface area contributed by atoms with Crippen LogP contribution in [-0.4, -0.2) is 18.0 Å². The molecule has 4 rings (SSSR count). The van der Waals surface area contributed by atoms with E-state index in [-0.39, 0.29) is 24.1 Å². The average molecular weight is 339 g/mol. The maximum atomic E-state index is 14.0. The smallest absolute Gasteiger partial charge is 0.220 e. The topological polar surface area (TPSA) is 41.1 Å². The zero-order valence-electron chi connectivity index (χ0n) is 13.2. The number of halogens is 2. The van der Waals surface area contributed by atoms with Gasteiger partial charge in [0.2, 0.25) is 5.91 Å². The molecule has 5 heteroatoms. The lowest BCUT2D eigenvalue weighted by Gasteiger charge is -2.29. The Hall–Kier alpha value is -1.13. The zero-order chi connectivity index (χ0) is 15.2. The summed E-state index contributed by atoms with van der Waals surface area (Å²) in [5, 5.41) is 6.73. The zero-order valence-corrected chi connectivity index (χ0v) is 14.0. The first-order chi connectivity index (χ1) is 10.6. The molecule has 2 bridgehead atoms. The highest BCUT2D eigenvalue weighted by Gasteiger charge is 2.47. The van der Waals surface area contributed by atoms with Gasteiger partial charge in [0, 0.05) is 24.1 Å². The molecule has 23 heavy (non-hydrogen) atoms. The van der Waals surface area contributed by atoms with Crippen LogP contribution in [0.2, 0.25) is 0 Å². The Morgan fingerprint density at radius 2 is 1.87 bits per heavy atom. The fraction of sp³-hybridized carbons (Fsp3) is 0.611. The third-order valence-electron chi connectivity index (χ3n) is 5.56. The minimum absolute atomic E-state index is 0. The summed E-state index contributed by atoms with van der Waals surface area (Å²) in [5.74, 6) is 0.363. The van der Waals surface area contributed by atoms with Gasteiger partial charge in [0.25, 0.3) is 0 Å². The van der Waals surface area contributed by atoms with E-state index in [0.29, 0.717) is 30.0 Å². The molecule has 2 aliphatic heterocycles. The summed E-state index contributed by atoms with van der Waals surface area (Å²) >= 11 is 0. The summed E-state index contributed by atoms with van der Waals surface area (Å²) in [6.07, 6.45) is 7.00. The van der Waals surface area contributed by atoms with Crippen LogP contribution in [0.4, 0.5) is 4.39 Å². The van der Waals surface area contributed by atoms with Crippen LogP contribution >= 0.6 is 12.4 Å². The molecule has 0 spiro atoms. The van der Waals surface area contributed by atoms with Crippen molar-refractivity contribution >= 4 is 18.3 Å². The van der Waals surface area contributed by atoms with Crippen molar-refractivity contribution in [3.8, 4) is 0 Å². The predicted octanol–water partition coefficient (Wildman–Crippen LogP) is 3.27. The highest BCUT2D eigenvalue weighted by Crippen LogP contribution is 2.46. The van der Waals surface area contributed by atoms with E-state index in [1.165, 1.54) is 18.9 Å². The lowest BCUT2D eigenvalue weighted by atomic mass is 9.89. The van der Waals surface area contributed by atoms with Crippen LogP contribution in [0.5, 0.6) is 0 Å². The summed E-state index contributed by atoms with van der Waals surface area (Å²) < 4.78 is 14.0. The maximum Gasteiger partial charge on any atom is 0.220 e. The lowest BCUT2D eigenvalue weighted by Crippen LogP contribution is -2.41. The number of rotatable bonds is 4. The van der Waals surface area contributed by atoms with Crippen molar-refractivity contribution in [1.29, 1.82) is 0 Å². The molecule has 1 aromatic rings. The first kappa shape index (κ1) is 16.7. The molecule has 3 nitrogen and oxygen atoms in total. The second kappa shape index (κ2) is 6.40. The van der Waals surface area contributed by atoms with E-state index in [0.717, 1.165) is 25.7 Å². The van der Waals surface area contributed by atoms with E-state index in [1.807, 2.05) is 6.07 Å².